The highest BCUT2D eigenvalue weighted by Crippen LogP contribution is 2.25. The molecule has 0 amide bonds. The van der Waals surface area contributed by atoms with Gasteiger partial charge in [0.25, 0.3) is 0 Å². The van der Waals surface area contributed by atoms with E-state index in [0.717, 1.165) is 30.3 Å². The van der Waals surface area contributed by atoms with E-state index in [0.29, 0.717) is 4.99 Å². The van der Waals surface area contributed by atoms with Gasteiger partial charge in [-0.2, -0.15) is 0 Å². The highest BCUT2D eigenvalue weighted by molar-refractivity contribution is 7.80. The van der Waals surface area contributed by atoms with Crippen molar-refractivity contribution in [3.8, 4) is 0 Å². The molecule has 2 heterocycles. The van der Waals surface area contributed by atoms with Crippen LogP contribution in [0.1, 0.15) is 25.3 Å². The lowest BCUT2D eigenvalue weighted by Crippen LogP contribution is -2.34. The SMILES string of the molecule is CC1CCN(c2cnccc2C(N)=S)CC1. The van der Waals surface area contributed by atoms with Crippen molar-refractivity contribution in [2.24, 2.45) is 11.7 Å². The second-order valence-electron chi connectivity index (χ2n) is 4.43. The summed E-state index contributed by atoms with van der Waals surface area (Å²) in [4.78, 5) is 6.95. The Bertz CT molecular complexity index is 384. The summed E-state index contributed by atoms with van der Waals surface area (Å²) >= 11 is 5.07. The standard InChI is InChI=1S/C12H17N3S/c1-9-3-6-15(7-4-9)11-8-14-5-2-10(11)12(13)16/h2,5,8-9H,3-4,6-7H2,1H3,(H2,13,16). The first-order chi connectivity index (χ1) is 7.68. The number of rotatable bonds is 2. The minimum absolute atomic E-state index is 0.455. The van der Waals surface area contributed by atoms with Crippen LogP contribution in [0.15, 0.2) is 18.5 Å². The number of anilines is 1. The molecule has 0 aromatic carbocycles. The molecule has 3 nitrogen and oxygen atoms in total. The third-order valence-corrected chi connectivity index (χ3v) is 3.41. The molecule has 0 atom stereocenters. The number of piperidine rings is 1. The van der Waals surface area contributed by atoms with E-state index in [4.69, 9.17) is 18.0 Å². The second-order valence-corrected chi connectivity index (χ2v) is 4.87. The molecule has 1 fully saturated rings. The normalized spacial score (nSPS) is 17.4. The number of thiocarbonyl (C=S) groups is 1. The van der Waals surface area contributed by atoms with Crippen molar-refractivity contribution in [3.63, 3.8) is 0 Å². The smallest absolute Gasteiger partial charge is 0.106 e. The molecular weight excluding hydrogens is 218 g/mol. The predicted octanol–water partition coefficient (Wildman–Crippen LogP) is 1.95. The molecule has 1 aromatic heterocycles. The largest absolute Gasteiger partial charge is 0.389 e. The van der Waals surface area contributed by atoms with Crippen molar-refractivity contribution in [1.29, 1.82) is 0 Å². The molecule has 0 unspecified atom stereocenters. The topological polar surface area (TPSA) is 42.2 Å². The molecule has 1 aliphatic rings. The van der Waals surface area contributed by atoms with E-state index >= 15 is 0 Å². The Hall–Kier alpha value is -1.16. The number of pyridine rings is 1. The first-order valence-corrected chi connectivity index (χ1v) is 6.08. The third kappa shape index (κ3) is 2.32. The molecule has 16 heavy (non-hydrogen) atoms. The minimum Gasteiger partial charge on any atom is -0.389 e. The van der Waals surface area contributed by atoms with Gasteiger partial charge >= 0.3 is 0 Å². The van der Waals surface area contributed by atoms with Crippen molar-refractivity contribution < 1.29 is 0 Å². The monoisotopic (exact) mass is 235 g/mol. The van der Waals surface area contributed by atoms with Crippen LogP contribution in [0.25, 0.3) is 0 Å². The number of aromatic nitrogens is 1. The fourth-order valence-corrected chi connectivity index (χ4v) is 2.27. The highest BCUT2D eigenvalue weighted by atomic mass is 32.1. The van der Waals surface area contributed by atoms with Gasteiger partial charge in [0.1, 0.15) is 4.99 Å². The summed E-state index contributed by atoms with van der Waals surface area (Å²) in [6, 6.07) is 1.90. The van der Waals surface area contributed by atoms with E-state index in [2.05, 4.69) is 16.8 Å². The van der Waals surface area contributed by atoms with E-state index in [1.165, 1.54) is 12.8 Å². The Labute approximate surface area is 102 Å². The number of nitrogens with zero attached hydrogens (tertiary/aromatic N) is 2. The summed E-state index contributed by atoms with van der Waals surface area (Å²) in [5.74, 6) is 0.821. The molecule has 4 heteroatoms. The summed E-state index contributed by atoms with van der Waals surface area (Å²) in [7, 11) is 0. The van der Waals surface area contributed by atoms with Gasteiger partial charge in [0, 0.05) is 24.8 Å². The Morgan fingerprint density at radius 1 is 1.50 bits per heavy atom. The molecule has 2 rings (SSSR count). The van der Waals surface area contributed by atoms with Gasteiger partial charge in [-0.3, -0.25) is 4.98 Å². The van der Waals surface area contributed by atoms with Gasteiger partial charge in [-0.25, -0.2) is 0 Å². The molecule has 2 N–H and O–H groups in total. The molecule has 0 spiro atoms. The van der Waals surface area contributed by atoms with E-state index < -0.39 is 0 Å². The van der Waals surface area contributed by atoms with Crippen molar-refractivity contribution in [3.05, 3.63) is 24.0 Å². The molecule has 1 aromatic rings. The van der Waals surface area contributed by atoms with Crippen LogP contribution >= 0.6 is 12.2 Å². The van der Waals surface area contributed by atoms with Crippen molar-refractivity contribution in [2.45, 2.75) is 19.8 Å². The van der Waals surface area contributed by atoms with Crippen LogP contribution < -0.4 is 10.6 Å². The Balaban J connectivity index is 2.23. The lowest BCUT2D eigenvalue weighted by atomic mass is 9.98. The number of hydrogen-bond donors (Lipinski definition) is 1. The maximum atomic E-state index is 5.73. The third-order valence-electron chi connectivity index (χ3n) is 3.19. The summed E-state index contributed by atoms with van der Waals surface area (Å²) < 4.78 is 0. The highest BCUT2D eigenvalue weighted by Gasteiger charge is 2.18. The first kappa shape index (κ1) is 11.3. The fourth-order valence-electron chi connectivity index (χ4n) is 2.10. The van der Waals surface area contributed by atoms with Gasteiger partial charge in [0.15, 0.2) is 0 Å². The predicted molar refractivity (Wildman–Crippen MR) is 70.7 cm³/mol. The molecule has 0 aliphatic carbocycles. The molecule has 1 saturated heterocycles. The minimum atomic E-state index is 0.455. The molecule has 0 radical (unpaired) electrons. The van der Waals surface area contributed by atoms with E-state index in [1.54, 1.807) is 6.20 Å². The van der Waals surface area contributed by atoms with Crippen LogP contribution in [-0.2, 0) is 0 Å². The Morgan fingerprint density at radius 3 is 2.81 bits per heavy atom. The summed E-state index contributed by atoms with van der Waals surface area (Å²) in [6.45, 7) is 4.44. The van der Waals surface area contributed by atoms with E-state index in [-0.39, 0.29) is 0 Å². The summed E-state index contributed by atoms with van der Waals surface area (Å²) in [5, 5.41) is 0. The van der Waals surface area contributed by atoms with Gasteiger partial charge in [-0.15, -0.1) is 0 Å². The molecular formula is C12H17N3S. The van der Waals surface area contributed by atoms with Crippen LogP contribution in [-0.4, -0.2) is 23.1 Å². The molecule has 1 aliphatic heterocycles. The van der Waals surface area contributed by atoms with Crippen LogP contribution in [0.4, 0.5) is 5.69 Å². The van der Waals surface area contributed by atoms with E-state index in [9.17, 15) is 0 Å². The number of hydrogen-bond acceptors (Lipinski definition) is 3. The summed E-state index contributed by atoms with van der Waals surface area (Å²) in [6.07, 6.45) is 6.06. The van der Waals surface area contributed by atoms with Crippen molar-refractivity contribution in [2.75, 3.05) is 18.0 Å². The average Bonchev–Trinajstić information content (AvgIpc) is 2.30. The Kier molecular flexibility index (Phi) is 3.39. The van der Waals surface area contributed by atoms with Gasteiger partial charge < -0.3 is 10.6 Å². The number of nitrogens with two attached hydrogens (primary N) is 1. The fraction of sp³-hybridized carbons (Fsp3) is 0.500. The van der Waals surface area contributed by atoms with Crippen LogP contribution in [0.5, 0.6) is 0 Å². The quantitative estimate of drug-likeness (QED) is 0.796. The first-order valence-electron chi connectivity index (χ1n) is 5.67. The average molecular weight is 235 g/mol. The zero-order valence-electron chi connectivity index (χ0n) is 9.52. The maximum Gasteiger partial charge on any atom is 0.106 e. The molecule has 86 valence electrons. The zero-order valence-corrected chi connectivity index (χ0v) is 10.3. The lowest BCUT2D eigenvalue weighted by Gasteiger charge is -2.33. The van der Waals surface area contributed by atoms with E-state index in [1.807, 2.05) is 12.3 Å². The molecule has 0 saturated carbocycles. The van der Waals surface area contributed by atoms with Gasteiger partial charge in [0.05, 0.1) is 11.9 Å². The van der Waals surface area contributed by atoms with Crippen LogP contribution in [0, 0.1) is 5.92 Å². The molecule has 0 bridgehead atoms. The second kappa shape index (κ2) is 4.78. The summed E-state index contributed by atoms with van der Waals surface area (Å²) in [5.41, 5.74) is 7.75. The van der Waals surface area contributed by atoms with Gasteiger partial charge in [-0.05, 0) is 24.8 Å². The van der Waals surface area contributed by atoms with Crippen LogP contribution in [0.2, 0.25) is 0 Å². The van der Waals surface area contributed by atoms with Crippen LogP contribution in [0.3, 0.4) is 0 Å². The van der Waals surface area contributed by atoms with Crippen molar-refractivity contribution in [1.82, 2.24) is 4.98 Å². The van der Waals surface area contributed by atoms with Gasteiger partial charge in [0.2, 0.25) is 0 Å². The Morgan fingerprint density at radius 2 is 2.19 bits per heavy atom. The van der Waals surface area contributed by atoms with Gasteiger partial charge in [-0.1, -0.05) is 19.1 Å². The lowest BCUT2D eigenvalue weighted by molar-refractivity contribution is 0.438. The zero-order chi connectivity index (χ0) is 11.5. The maximum absolute atomic E-state index is 5.73. The van der Waals surface area contributed by atoms with Crippen molar-refractivity contribution >= 4 is 22.9 Å².